The van der Waals surface area contributed by atoms with Crippen molar-refractivity contribution >= 4 is 18.0 Å². The van der Waals surface area contributed by atoms with E-state index in [1.54, 1.807) is 23.1 Å². The van der Waals surface area contributed by atoms with Gasteiger partial charge in [-0.3, -0.25) is 4.79 Å². The van der Waals surface area contributed by atoms with Crippen LogP contribution in [0.3, 0.4) is 0 Å². The third-order valence-corrected chi connectivity index (χ3v) is 4.21. The molecule has 2 rings (SSSR count). The van der Waals surface area contributed by atoms with E-state index < -0.39 is 5.97 Å². The predicted molar refractivity (Wildman–Crippen MR) is 103 cm³/mol. The zero-order valence-corrected chi connectivity index (χ0v) is 16.9. The van der Waals surface area contributed by atoms with Crippen molar-refractivity contribution in [3.63, 3.8) is 0 Å². The van der Waals surface area contributed by atoms with Gasteiger partial charge in [-0.15, -0.1) is 0 Å². The van der Waals surface area contributed by atoms with Crippen LogP contribution in [0, 0.1) is 0 Å². The van der Waals surface area contributed by atoms with Crippen LogP contribution in [0.2, 0.25) is 0 Å². The Morgan fingerprint density at radius 2 is 1.64 bits per heavy atom. The Balaban J connectivity index is 1.95. The van der Waals surface area contributed by atoms with E-state index in [4.69, 9.17) is 23.7 Å². The van der Waals surface area contributed by atoms with E-state index in [2.05, 4.69) is 0 Å². The van der Waals surface area contributed by atoms with Crippen LogP contribution in [0.4, 0.5) is 0 Å². The summed E-state index contributed by atoms with van der Waals surface area (Å²) in [5.41, 5.74) is 0.661. The molecule has 2 atom stereocenters. The number of methoxy groups -OCH3 is 3. The first-order valence-corrected chi connectivity index (χ1v) is 8.96. The minimum Gasteiger partial charge on any atom is -0.493 e. The first kappa shape index (κ1) is 21.6. The molecular weight excluding hydrogens is 366 g/mol. The van der Waals surface area contributed by atoms with E-state index >= 15 is 0 Å². The lowest BCUT2D eigenvalue weighted by molar-refractivity contribution is -0.154. The van der Waals surface area contributed by atoms with Crippen molar-refractivity contribution in [2.24, 2.45) is 0 Å². The van der Waals surface area contributed by atoms with Gasteiger partial charge in [-0.1, -0.05) is 0 Å². The summed E-state index contributed by atoms with van der Waals surface area (Å²) in [7, 11) is 4.54. The van der Waals surface area contributed by atoms with Crippen molar-refractivity contribution in [3.8, 4) is 17.2 Å². The molecular formula is C20H27NO7. The van der Waals surface area contributed by atoms with E-state index in [1.807, 2.05) is 13.8 Å². The summed E-state index contributed by atoms with van der Waals surface area (Å²) in [4.78, 5) is 25.8. The molecule has 28 heavy (non-hydrogen) atoms. The molecule has 0 radical (unpaired) electrons. The molecule has 0 saturated carbocycles. The second-order valence-electron chi connectivity index (χ2n) is 6.46. The molecule has 1 aliphatic heterocycles. The van der Waals surface area contributed by atoms with Gasteiger partial charge in [0.15, 0.2) is 18.1 Å². The normalized spacial score (nSPS) is 19.4. The molecule has 1 heterocycles. The topological polar surface area (TPSA) is 83.5 Å². The van der Waals surface area contributed by atoms with E-state index in [0.717, 1.165) is 0 Å². The molecule has 154 valence electrons. The quantitative estimate of drug-likeness (QED) is 0.517. The standard InChI is InChI=1S/C20H27NO7/c1-13-10-21(11-14(2)28-13)18(22)12-27-19(23)7-6-15-8-16(24-3)20(26-5)17(9-15)25-4/h6-9,13-14H,10-12H2,1-5H3/b7-6+/t13-,14+. The Bertz CT molecular complexity index is 696. The molecule has 1 aliphatic rings. The third-order valence-electron chi connectivity index (χ3n) is 4.21. The van der Waals surface area contributed by atoms with E-state index in [-0.39, 0.29) is 24.7 Å². The molecule has 1 aromatic rings. The highest BCUT2D eigenvalue weighted by molar-refractivity contribution is 5.89. The van der Waals surface area contributed by atoms with Crippen LogP contribution < -0.4 is 14.2 Å². The smallest absolute Gasteiger partial charge is 0.331 e. The van der Waals surface area contributed by atoms with Gasteiger partial charge < -0.3 is 28.6 Å². The molecule has 8 heteroatoms. The molecule has 0 bridgehead atoms. The highest BCUT2D eigenvalue weighted by atomic mass is 16.5. The van der Waals surface area contributed by atoms with E-state index in [0.29, 0.717) is 35.9 Å². The molecule has 0 spiro atoms. The van der Waals surface area contributed by atoms with Crippen LogP contribution in [0.1, 0.15) is 19.4 Å². The van der Waals surface area contributed by atoms with Crippen molar-refractivity contribution in [2.75, 3.05) is 41.0 Å². The van der Waals surface area contributed by atoms with Gasteiger partial charge in [0.25, 0.3) is 5.91 Å². The number of amides is 1. The number of hydrogen-bond donors (Lipinski definition) is 0. The third kappa shape index (κ3) is 5.63. The monoisotopic (exact) mass is 393 g/mol. The van der Waals surface area contributed by atoms with Crippen LogP contribution >= 0.6 is 0 Å². The van der Waals surface area contributed by atoms with Crippen molar-refractivity contribution in [1.29, 1.82) is 0 Å². The SMILES string of the molecule is COc1cc(/C=C/C(=O)OCC(=O)N2C[C@@H](C)O[C@@H](C)C2)cc(OC)c1OC. The molecule has 0 aromatic heterocycles. The summed E-state index contributed by atoms with van der Waals surface area (Å²) in [5, 5.41) is 0. The van der Waals surface area contributed by atoms with Gasteiger partial charge in [0.2, 0.25) is 5.75 Å². The molecule has 1 saturated heterocycles. The number of ether oxygens (including phenoxy) is 5. The fourth-order valence-electron chi connectivity index (χ4n) is 3.02. The number of nitrogens with zero attached hydrogens (tertiary/aromatic N) is 1. The van der Waals surface area contributed by atoms with Gasteiger partial charge in [-0.05, 0) is 37.6 Å². The number of morpholine rings is 1. The lowest BCUT2D eigenvalue weighted by atomic mass is 10.1. The van der Waals surface area contributed by atoms with Crippen molar-refractivity contribution in [3.05, 3.63) is 23.8 Å². The highest BCUT2D eigenvalue weighted by Crippen LogP contribution is 2.38. The highest BCUT2D eigenvalue weighted by Gasteiger charge is 2.26. The lowest BCUT2D eigenvalue weighted by Gasteiger charge is -2.35. The number of esters is 1. The summed E-state index contributed by atoms with van der Waals surface area (Å²) < 4.78 is 26.5. The first-order chi connectivity index (χ1) is 13.4. The second-order valence-corrected chi connectivity index (χ2v) is 6.46. The molecule has 1 aromatic carbocycles. The first-order valence-electron chi connectivity index (χ1n) is 8.96. The molecule has 0 unspecified atom stereocenters. The number of hydrogen-bond acceptors (Lipinski definition) is 7. The summed E-state index contributed by atoms with van der Waals surface area (Å²) in [6.07, 6.45) is 2.72. The number of benzene rings is 1. The number of rotatable bonds is 7. The maximum atomic E-state index is 12.2. The average molecular weight is 393 g/mol. The molecule has 0 N–H and O–H groups in total. The zero-order chi connectivity index (χ0) is 20.7. The molecule has 8 nitrogen and oxygen atoms in total. The average Bonchev–Trinajstić information content (AvgIpc) is 2.68. The number of carbonyl (C=O) groups excluding carboxylic acids is 2. The maximum absolute atomic E-state index is 12.2. The molecule has 1 fully saturated rings. The summed E-state index contributed by atoms with van der Waals surface area (Å²) >= 11 is 0. The lowest BCUT2D eigenvalue weighted by Crippen LogP contribution is -2.49. The minimum atomic E-state index is -0.614. The van der Waals surface area contributed by atoms with Gasteiger partial charge in [-0.25, -0.2) is 4.79 Å². The summed E-state index contributed by atoms with van der Waals surface area (Å²) in [6.45, 7) is 4.48. The molecule has 1 amide bonds. The molecule has 0 aliphatic carbocycles. The summed E-state index contributed by atoms with van der Waals surface area (Å²) in [6, 6.07) is 3.40. The Labute approximate surface area is 164 Å². The van der Waals surface area contributed by atoms with E-state index in [9.17, 15) is 9.59 Å². The van der Waals surface area contributed by atoms with Crippen molar-refractivity contribution in [1.82, 2.24) is 4.90 Å². The Kier molecular flexibility index (Phi) is 7.69. The van der Waals surface area contributed by atoms with Crippen LogP contribution in [0.5, 0.6) is 17.2 Å². The van der Waals surface area contributed by atoms with Crippen LogP contribution in [0.25, 0.3) is 6.08 Å². The number of carbonyl (C=O) groups is 2. The summed E-state index contributed by atoms with van der Waals surface area (Å²) in [5.74, 6) is 0.554. The largest absolute Gasteiger partial charge is 0.493 e. The predicted octanol–water partition coefficient (Wildman–Crippen LogP) is 1.90. The second kappa shape index (κ2) is 9.98. The van der Waals surface area contributed by atoms with Crippen molar-refractivity contribution < 1.29 is 33.3 Å². The fraction of sp³-hybridized carbons (Fsp3) is 0.500. The Morgan fingerprint density at radius 3 is 2.14 bits per heavy atom. The zero-order valence-electron chi connectivity index (χ0n) is 16.9. The maximum Gasteiger partial charge on any atom is 0.331 e. The van der Waals surface area contributed by atoms with Gasteiger partial charge in [0, 0.05) is 19.2 Å². The van der Waals surface area contributed by atoms with Gasteiger partial charge in [0.1, 0.15) is 0 Å². The van der Waals surface area contributed by atoms with Gasteiger partial charge in [0.05, 0.1) is 33.5 Å². The Hall–Kier alpha value is -2.74. The van der Waals surface area contributed by atoms with Crippen LogP contribution in [-0.4, -0.2) is 70.0 Å². The van der Waals surface area contributed by atoms with Gasteiger partial charge in [-0.2, -0.15) is 0 Å². The van der Waals surface area contributed by atoms with Crippen molar-refractivity contribution in [2.45, 2.75) is 26.1 Å². The van der Waals surface area contributed by atoms with E-state index in [1.165, 1.54) is 27.4 Å². The fourth-order valence-corrected chi connectivity index (χ4v) is 3.02. The Morgan fingerprint density at radius 1 is 1.07 bits per heavy atom. The van der Waals surface area contributed by atoms with Crippen LogP contribution in [0.15, 0.2) is 18.2 Å². The minimum absolute atomic E-state index is 0.0386. The van der Waals surface area contributed by atoms with Crippen LogP contribution in [-0.2, 0) is 19.1 Å². The van der Waals surface area contributed by atoms with Gasteiger partial charge >= 0.3 is 5.97 Å².